The molecular weight excluding hydrogens is 216 g/mol. The van der Waals surface area contributed by atoms with Gasteiger partial charge < -0.3 is 9.84 Å². The minimum absolute atomic E-state index is 0.110. The van der Waals surface area contributed by atoms with E-state index in [4.69, 9.17) is 5.11 Å². The number of aliphatic carboxylic acids is 1. The molecule has 6 heteroatoms. The molecule has 6 nitrogen and oxygen atoms in total. The van der Waals surface area contributed by atoms with Crippen molar-refractivity contribution in [1.82, 2.24) is 0 Å². The van der Waals surface area contributed by atoms with Crippen LogP contribution in [0.15, 0.2) is 0 Å². The van der Waals surface area contributed by atoms with Gasteiger partial charge in [-0.05, 0) is 6.42 Å². The van der Waals surface area contributed by atoms with E-state index in [-0.39, 0.29) is 25.2 Å². The summed E-state index contributed by atoms with van der Waals surface area (Å²) in [6, 6.07) is 0. The summed E-state index contributed by atoms with van der Waals surface area (Å²) in [6.07, 6.45) is -0.542. The molecule has 0 aromatic carbocycles. The van der Waals surface area contributed by atoms with Crippen LogP contribution in [0.5, 0.6) is 0 Å². The second-order valence-corrected chi connectivity index (χ2v) is 3.27. The summed E-state index contributed by atoms with van der Waals surface area (Å²) in [5.74, 6) is -2.60. The molecular formula is C10H14O6. The SMILES string of the molecule is CC(=O)OCCCC(=O)CC(=O)CC(=O)O. The Morgan fingerprint density at radius 2 is 1.69 bits per heavy atom. The molecule has 0 heterocycles. The molecule has 1 N–H and O–H groups in total. The van der Waals surface area contributed by atoms with E-state index < -0.39 is 24.1 Å². The van der Waals surface area contributed by atoms with Crippen LogP contribution in [0.3, 0.4) is 0 Å². The maximum Gasteiger partial charge on any atom is 0.310 e. The van der Waals surface area contributed by atoms with Crippen molar-refractivity contribution in [3.05, 3.63) is 0 Å². The molecule has 16 heavy (non-hydrogen) atoms. The van der Waals surface area contributed by atoms with Crippen LogP contribution < -0.4 is 0 Å². The molecule has 0 bridgehead atoms. The van der Waals surface area contributed by atoms with Crippen LogP contribution in [-0.4, -0.2) is 35.2 Å². The first-order chi connectivity index (χ1) is 7.41. The zero-order chi connectivity index (χ0) is 12.6. The van der Waals surface area contributed by atoms with Crippen LogP contribution in [0, 0.1) is 0 Å². The van der Waals surface area contributed by atoms with E-state index in [0.29, 0.717) is 6.42 Å². The third-order valence-electron chi connectivity index (χ3n) is 1.65. The fourth-order valence-electron chi connectivity index (χ4n) is 1.02. The number of ether oxygens (including phenoxy) is 1. The molecule has 90 valence electrons. The number of hydrogen-bond acceptors (Lipinski definition) is 5. The minimum atomic E-state index is -1.24. The summed E-state index contributed by atoms with van der Waals surface area (Å²) in [4.78, 5) is 42.5. The van der Waals surface area contributed by atoms with Crippen LogP contribution in [0.1, 0.15) is 32.6 Å². The molecule has 0 aliphatic heterocycles. The van der Waals surface area contributed by atoms with Crippen LogP contribution in [0.2, 0.25) is 0 Å². The molecule has 0 aliphatic rings. The first kappa shape index (κ1) is 14.3. The van der Waals surface area contributed by atoms with Crippen molar-refractivity contribution in [2.45, 2.75) is 32.6 Å². The molecule has 0 fully saturated rings. The molecule has 0 rings (SSSR count). The number of carbonyl (C=O) groups excluding carboxylic acids is 3. The van der Waals surface area contributed by atoms with Gasteiger partial charge in [-0.15, -0.1) is 0 Å². The summed E-state index contributed by atoms with van der Waals surface area (Å²) in [5.41, 5.74) is 0. The lowest BCUT2D eigenvalue weighted by Gasteiger charge is -2.01. The number of carboxylic acids is 1. The van der Waals surface area contributed by atoms with Gasteiger partial charge in [-0.2, -0.15) is 0 Å². The quantitative estimate of drug-likeness (QED) is 0.366. The monoisotopic (exact) mass is 230 g/mol. The van der Waals surface area contributed by atoms with Crippen LogP contribution in [0.4, 0.5) is 0 Å². The van der Waals surface area contributed by atoms with Gasteiger partial charge >= 0.3 is 11.9 Å². The Bertz CT molecular complexity index is 294. The number of rotatable bonds is 8. The van der Waals surface area contributed by atoms with Crippen molar-refractivity contribution in [1.29, 1.82) is 0 Å². The van der Waals surface area contributed by atoms with Crippen molar-refractivity contribution in [3.8, 4) is 0 Å². The van der Waals surface area contributed by atoms with E-state index in [1.165, 1.54) is 6.92 Å². The predicted octanol–water partition coefficient (Wildman–Crippen LogP) is 0.333. The number of ketones is 2. The largest absolute Gasteiger partial charge is 0.481 e. The Morgan fingerprint density at radius 3 is 2.19 bits per heavy atom. The van der Waals surface area contributed by atoms with Gasteiger partial charge in [0.1, 0.15) is 12.2 Å². The first-order valence-corrected chi connectivity index (χ1v) is 4.80. The third kappa shape index (κ3) is 8.86. The summed E-state index contributed by atoms with van der Waals surface area (Å²) >= 11 is 0. The number of carboxylic acid groups (broad SMARTS) is 1. The van der Waals surface area contributed by atoms with Crippen molar-refractivity contribution < 1.29 is 29.0 Å². The van der Waals surface area contributed by atoms with Crippen LogP contribution >= 0.6 is 0 Å². The molecule has 0 saturated carbocycles. The Hall–Kier alpha value is -1.72. The number of carbonyl (C=O) groups is 4. The summed E-state index contributed by atoms with van der Waals surface area (Å²) < 4.78 is 4.59. The van der Waals surface area contributed by atoms with Crippen LogP contribution in [-0.2, 0) is 23.9 Å². The number of esters is 1. The highest BCUT2D eigenvalue weighted by atomic mass is 16.5. The van der Waals surface area contributed by atoms with E-state index in [1.54, 1.807) is 0 Å². The highest BCUT2D eigenvalue weighted by Crippen LogP contribution is 1.99. The molecule has 0 saturated heterocycles. The third-order valence-corrected chi connectivity index (χ3v) is 1.65. The molecule has 0 aromatic heterocycles. The standard InChI is InChI=1S/C10H14O6/c1-7(11)16-4-2-3-8(12)5-9(13)6-10(14)15/h2-6H2,1H3,(H,14,15). The van der Waals surface area contributed by atoms with Gasteiger partial charge in [-0.25, -0.2) is 0 Å². The molecule has 0 atom stereocenters. The maximum absolute atomic E-state index is 11.1. The fraction of sp³-hybridized carbons (Fsp3) is 0.600. The second kappa shape index (κ2) is 7.56. The Balaban J connectivity index is 3.62. The zero-order valence-electron chi connectivity index (χ0n) is 9.02. The smallest absolute Gasteiger partial charge is 0.310 e. The lowest BCUT2D eigenvalue weighted by atomic mass is 10.1. The first-order valence-electron chi connectivity index (χ1n) is 4.80. The van der Waals surface area contributed by atoms with Gasteiger partial charge in [-0.3, -0.25) is 19.2 Å². The summed E-state index contributed by atoms with van der Waals surface area (Å²) in [6.45, 7) is 1.40. The maximum atomic E-state index is 11.1. The van der Waals surface area contributed by atoms with Gasteiger partial charge in [0.25, 0.3) is 0 Å². The van der Waals surface area contributed by atoms with Gasteiger partial charge in [0, 0.05) is 13.3 Å². The normalized spacial score (nSPS) is 9.56. The van der Waals surface area contributed by atoms with Crippen molar-refractivity contribution in [2.24, 2.45) is 0 Å². The molecule has 0 aromatic rings. The topological polar surface area (TPSA) is 97.7 Å². The highest BCUT2D eigenvalue weighted by molar-refractivity contribution is 6.05. The van der Waals surface area contributed by atoms with Crippen LogP contribution in [0.25, 0.3) is 0 Å². The Kier molecular flexibility index (Phi) is 6.74. The summed E-state index contributed by atoms with van der Waals surface area (Å²) in [7, 11) is 0. The Labute approximate surface area is 92.6 Å². The molecule has 0 radical (unpaired) electrons. The lowest BCUT2D eigenvalue weighted by molar-refractivity contribution is -0.143. The van der Waals surface area contributed by atoms with Gasteiger partial charge in [0.05, 0.1) is 13.0 Å². The van der Waals surface area contributed by atoms with Crippen molar-refractivity contribution in [3.63, 3.8) is 0 Å². The average molecular weight is 230 g/mol. The second-order valence-electron chi connectivity index (χ2n) is 3.27. The van der Waals surface area contributed by atoms with Crippen molar-refractivity contribution >= 4 is 23.5 Å². The lowest BCUT2D eigenvalue weighted by Crippen LogP contribution is -2.12. The summed E-state index contributed by atoms with van der Waals surface area (Å²) in [5, 5.41) is 8.28. The van der Waals surface area contributed by atoms with Gasteiger partial charge in [-0.1, -0.05) is 0 Å². The Morgan fingerprint density at radius 1 is 1.06 bits per heavy atom. The van der Waals surface area contributed by atoms with Gasteiger partial charge in [0.15, 0.2) is 5.78 Å². The number of hydrogen-bond donors (Lipinski definition) is 1. The predicted molar refractivity (Wildman–Crippen MR) is 52.8 cm³/mol. The van der Waals surface area contributed by atoms with Crippen molar-refractivity contribution in [2.75, 3.05) is 6.61 Å². The van der Waals surface area contributed by atoms with E-state index in [9.17, 15) is 19.2 Å². The minimum Gasteiger partial charge on any atom is -0.481 e. The van der Waals surface area contributed by atoms with Gasteiger partial charge in [0.2, 0.25) is 0 Å². The average Bonchev–Trinajstić information content (AvgIpc) is 2.10. The molecule has 0 unspecified atom stereocenters. The van der Waals surface area contributed by atoms with E-state index in [2.05, 4.69) is 4.74 Å². The van der Waals surface area contributed by atoms with E-state index in [0.717, 1.165) is 0 Å². The molecule has 0 amide bonds. The van der Waals surface area contributed by atoms with E-state index >= 15 is 0 Å². The van der Waals surface area contributed by atoms with E-state index in [1.807, 2.05) is 0 Å². The fourth-order valence-corrected chi connectivity index (χ4v) is 1.02. The zero-order valence-corrected chi connectivity index (χ0v) is 9.02. The molecule has 0 aliphatic carbocycles. The highest BCUT2D eigenvalue weighted by Gasteiger charge is 2.12. The number of Topliss-reactive ketones (excluding diaryl/α,β-unsaturated/α-hetero) is 2. The molecule has 0 spiro atoms.